The van der Waals surface area contributed by atoms with Crippen molar-refractivity contribution in [2.24, 2.45) is 5.92 Å². The molecule has 0 saturated carbocycles. The molecule has 0 aromatic rings. The van der Waals surface area contributed by atoms with Gasteiger partial charge in [-0.25, -0.2) is 0 Å². The van der Waals surface area contributed by atoms with Crippen LogP contribution in [-0.2, 0) is 0 Å². The lowest BCUT2D eigenvalue weighted by atomic mass is 10.0. The minimum atomic E-state index is 0.644. The van der Waals surface area contributed by atoms with Gasteiger partial charge in [-0.2, -0.15) is 0 Å². The Morgan fingerprint density at radius 3 is 2.00 bits per heavy atom. The third kappa shape index (κ3) is 3.84. The Kier molecular flexibility index (Phi) is 4.17. The van der Waals surface area contributed by atoms with Gasteiger partial charge in [0.1, 0.15) is 0 Å². The Labute approximate surface area is 46.9 Å². The highest BCUT2D eigenvalue weighted by atomic mass is 14.0. The Morgan fingerprint density at radius 1 is 1.29 bits per heavy atom. The molecule has 0 rings (SSSR count). The van der Waals surface area contributed by atoms with Gasteiger partial charge < -0.3 is 0 Å². The maximum Gasteiger partial charge on any atom is -0.0324 e. The lowest BCUT2D eigenvalue weighted by Gasteiger charge is -2.01. The molecule has 0 aliphatic rings. The molecule has 0 fully saturated rings. The fourth-order valence-electron chi connectivity index (χ4n) is 0.415. The van der Waals surface area contributed by atoms with Gasteiger partial charge in [0.2, 0.25) is 0 Å². The molecule has 0 bridgehead atoms. The quantitative estimate of drug-likeness (QED) is 0.506. The lowest BCUT2D eigenvalue weighted by Crippen LogP contribution is -1.91. The van der Waals surface area contributed by atoms with Gasteiger partial charge in [0, 0.05) is 0 Å². The van der Waals surface area contributed by atoms with E-state index in [4.69, 9.17) is 0 Å². The fraction of sp³-hybridized carbons (Fsp3) is 0.571. The van der Waals surface area contributed by atoms with Crippen LogP contribution in [0.2, 0.25) is 0 Å². The molecule has 0 heterocycles. The molecule has 0 amide bonds. The molecule has 0 aromatic heterocycles. The number of rotatable bonds is 3. The normalized spacial score (nSPS) is 14.1. The lowest BCUT2D eigenvalue weighted by molar-refractivity contribution is 0.792. The summed E-state index contributed by atoms with van der Waals surface area (Å²) in [6, 6.07) is 0. The molecule has 0 heteroatoms. The van der Waals surface area contributed by atoms with Crippen LogP contribution in [0, 0.1) is 25.2 Å². The summed E-state index contributed by atoms with van der Waals surface area (Å²) >= 11 is 0. The number of hydrogen-bond acceptors (Lipinski definition) is 0. The molecule has 41 valence electrons. The molecule has 0 aromatic carbocycles. The highest BCUT2D eigenvalue weighted by molar-refractivity contribution is 4.89. The molecule has 1 atom stereocenters. The van der Waals surface area contributed by atoms with Crippen LogP contribution in [0.5, 0.6) is 0 Å². The van der Waals surface area contributed by atoms with Crippen LogP contribution in [0.4, 0.5) is 0 Å². The van der Waals surface area contributed by atoms with Gasteiger partial charge in [0.05, 0.1) is 0 Å². The highest BCUT2D eigenvalue weighted by Crippen LogP contribution is 2.04. The van der Waals surface area contributed by atoms with E-state index in [-0.39, 0.29) is 0 Å². The molecule has 0 spiro atoms. The van der Waals surface area contributed by atoms with Gasteiger partial charge in [0.15, 0.2) is 0 Å². The van der Waals surface area contributed by atoms with Crippen LogP contribution in [-0.4, -0.2) is 0 Å². The van der Waals surface area contributed by atoms with E-state index in [2.05, 4.69) is 33.1 Å². The van der Waals surface area contributed by atoms with E-state index >= 15 is 0 Å². The second kappa shape index (κ2) is 4.17. The van der Waals surface area contributed by atoms with Crippen molar-refractivity contribution in [3.8, 4) is 0 Å². The maximum absolute atomic E-state index is 2.17. The molecule has 7 heavy (non-hydrogen) atoms. The van der Waals surface area contributed by atoms with Gasteiger partial charge in [-0.3, -0.25) is 0 Å². The van der Waals surface area contributed by atoms with E-state index in [1.54, 1.807) is 0 Å². The summed E-state index contributed by atoms with van der Waals surface area (Å²) in [5.41, 5.74) is 0. The molecular formula is C7H13. The average molecular weight is 97.2 g/mol. The van der Waals surface area contributed by atoms with E-state index in [1.165, 1.54) is 0 Å². The first-order chi connectivity index (χ1) is 3.31. The number of hydrogen-bond donors (Lipinski definition) is 0. The summed E-state index contributed by atoms with van der Waals surface area (Å²) < 4.78 is 0. The second-order valence-corrected chi connectivity index (χ2v) is 1.72. The van der Waals surface area contributed by atoms with Crippen molar-refractivity contribution in [3.63, 3.8) is 0 Å². The average Bonchev–Trinajstić information content (AvgIpc) is 1.68. The Bertz CT molecular complexity index is 31.0. The SMILES string of the molecule is C[CH][CH]C(C)[CH]C. The summed E-state index contributed by atoms with van der Waals surface area (Å²) in [6.45, 7) is 6.28. The molecule has 0 N–H and O–H groups in total. The topological polar surface area (TPSA) is 0 Å². The summed E-state index contributed by atoms with van der Waals surface area (Å²) in [4.78, 5) is 0. The predicted octanol–water partition coefficient (Wildman–Crippen LogP) is 2.28. The largest absolute Gasteiger partial charge is 0.0620 e. The van der Waals surface area contributed by atoms with Gasteiger partial charge in [-0.15, -0.1) is 0 Å². The zero-order valence-corrected chi connectivity index (χ0v) is 5.31. The first kappa shape index (κ1) is 7.00. The van der Waals surface area contributed by atoms with E-state index in [0.29, 0.717) is 5.92 Å². The highest BCUT2D eigenvalue weighted by Gasteiger charge is 1.93. The van der Waals surface area contributed by atoms with Crippen molar-refractivity contribution in [2.45, 2.75) is 20.8 Å². The first-order valence-electron chi connectivity index (χ1n) is 2.73. The van der Waals surface area contributed by atoms with Crippen molar-refractivity contribution >= 4 is 0 Å². The Morgan fingerprint density at radius 2 is 1.86 bits per heavy atom. The van der Waals surface area contributed by atoms with Crippen molar-refractivity contribution < 1.29 is 0 Å². The van der Waals surface area contributed by atoms with Crippen LogP contribution >= 0.6 is 0 Å². The van der Waals surface area contributed by atoms with Crippen LogP contribution in [0.3, 0.4) is 0 Å². The molecule has 1 unspecified atom stereocenters. The van der Waals surface area contributed by atoms with Gasteiger partial charge in [-0.05, 0) is 25.2 Å². The molecule has 3 radical (unpaired) electrons. The monoisotopic (exact) mass is 97.1 g/mol. The Hall–Kier alpha value is 0. The second-order valence-electron chi connectivity index (χ2n) is 1.72. The summed E-state index contributed by atoms with van der Waals surface area (Å²) in [7, 11) is 0. The third-order valence-electron chi connectivity index (χ3n) is 1.02. The van der Waals surface area contributed by atoms with Crippen molar-refractivity contribution in [3.05, 3.63) is 19.3 Å². The molecule has 0 nitrogen and oxygen atoms in total. The molecular weight excluding hydrogens is 84.1 g/mol. The minimum Gasteiger partial charge on any atom is -0.0620 e. The van der Waals surface area contributed by atoms with Gasteiger partial charge >= 0.3 is 0 Å². The summed E-state index contributed by atoms with van der Waals surface area (Å²) in [5.74, 6) is 0.644. The van der Waals surface area contributed by atoms with E-state index in [9.17, 15) is 0 Å². The van der Waals surface area contributed by atoms with Gasteiger partial charge in [-0.1, -0.05) is 20.8 Å². The van der Waals surface area contributed by atoms with Gasteiger partial charge in [0.25, 0.3) is 0 Å². The van der Waals surface area contributed by atoms with Crippen molar-refractivity contribution in [1.29, 1.82) is 0 Å². The van der Waals surface area contributed by atoms with Crippen molar-refractivity contribution in [2.75, 3.05) is 0 Å². The van der Waals surface area contributed by atoms with E-state index in [0.717, 1.165) is 0 Å². The third-order valence-corrected chi connectivity index (χ3v) is 1.02. The fourth-order valence-corrected chi connectivity index (χ4v) is 0.415. The zero-order chi connectivity index (χ0) is 5.70. The smallest absolute Gasteiger partial charge is 0.0324 e. The van der Waals surface area contributed by atoms with Crippen LogP contribution in [0.15, 0.2) is 0 Å². The predicted molar refractivity (Wildman–Crippen MR) is 33.4 cm³/mol. The van der Waals surface area contributed by atoms with E-state index < -0.39 is 0 Å². The Balaban J connectivity index is 2.83. The zero-order valence-electron chi connectivity index (χ0n) is 5.31. The standard InChI is InChI=1S/C7H13/c1-4-6-7(3)5-2/h4-7H,1-3H3. The first-order valence-corrected chi connectivity index (χ1v) is 2.73. The summed E-state index contributed by atoms with van der Waals surface area (Å²) in [5, 5.41) is 0. The van der Waals surface area contributed by atoms with E-state index in [1.807, 2.05) is 6.92 Å². The van der Waals surface area contributed by atoms with Crippen molar-refractivity contribution in [1.82, 2.24) is 0 Å². The van der Waals surface area contributed by atoms with Crippen LogP contribution in [0.25, 0.3) is 0 Å². The maximum atomic E-state index is 2.17. The minimum absolute atomic E-state index is 0.644. The molecule has 0 aliphatic carbocycles. The molecule has 0 saturated heterocycles. The molecule has 0 aliphatic heterocycles. The summed E-state index contributed by atoms with van der Waals surface area (Å²) in [6.07, 6.45) is 6.41. The van der Waals surface area contributed by atoms with Crippen LogP contribution in [0.1, 0.15) is 20.8 Å². The van der Waals surface area contributed by atoms with Crippen LogP contribution < -0.4 is 0 Å².